The lowest BCUT2D eigenvalue weighted by molar-refractivity contribution is -0.121. The van der Waals surface area contributed by atoms with E-state index in [1.54, 1.807) is 0 Å². The van der Waals surface area contributed by atoms with Crippen molar-refractivity contribution in [3.8, 4) is 0 Å². The summed E-state index contributed by atoms with van der Waals surface area (Å²) in [5.41, 5.74) is 3.35. The molecule has 0 radical (unpaired) electrons. The molecule has 0 amide bonds. The van der Waals surface area contributed by atoms with Crippen molar-refractivity contribution in [2.45, 2.75) is 43.3 Å². The number of rotatable bonds is 5. The van der Waals surface area contributed by atoms with Gasteiger partial charge in [-0.05, 0) is 56.3 Å². The third-order valence-electron chi connectivity index (χ3n) is 6.46. The molecular formula is C20H29N4O3-. The highest BCUT2D eigenvalue weighted by atomic mass is 16.5. The number of aliphatic hydroxyl groups excluding tert-OH is 1. The molecule has 2 saturated heterocycles. The second-order valence-electron chi connectivity index (χ2n) is 8.06. The number of fused-ring (bicyclic) bond motifs is 1. The molecule has 2 aliphatic rings. The maximum atomic E-state index is 10.8. The van der Waals surface area contributed by atoms with Crippen LogP contribution in [0.4, 0.5) is 0 Å². The first-order valence-corrected chi connectivity index (χ1v) is 9.90. The zero-order chi connectivity index (χ0) is 18.9. The molecule has 2 fully saturated rings. The molecule has 4 rings (SSSR count). The van der Waals surface area contributed by atoms with E-state index in [0.29, 0.717) is 38.4 Å². The minimum Gasteiger partial charge on any atom is -0.774 e. The van der Waals surface area contributed by atoms with E-state index in [0.717, 1.165) is 25.9 Å². The minimum atomic E-state index is -1.10. The molecule has 1 aromatic heterocycles. The number of aliphatic hydroxyl groups is 2. The van der Waals surface area contributed by atoms with Gasteiger partial charge in [0.1, 0.15) is 0 Å². The highest BCUT2D eigenvalue weighted by Gasteiger charge is 2.39. The van der Waals surface area contributed by atoms with Gasteiger partial charge in [0.25, 0.3) is 0 Å². The topological polar surface area (TPSA) is 97.8 Å². The van der Waals surface area contributed by atoms with Crippen molar-refractivity contribution in [3.05, 3.63) is 41.2 Å². The zero-order valence-corrected chi connectivity index (χ0v) is 15.6. The standard InChI is InChI=1S/C20H29N4O3/c25-19(20(26)7-11-24(22-27)12-8-20)14-23-9-5-15(6-10-23)17-13-21-18-4-2-1-3-16(17)18/h1-4,13,15,19,21-22,25-26H,5-12,14H2/q-1. The number of likely N-dealkylation sites (tertiary alicyclic amines) is 1. The number of hydrogen-bond acceptors (Lipinski definition) is 6. The lowest BCUT2D eigenvalue weighted by Gasteiger charge is -2.44. The van der Waals surface area contributed by atoms with Crippen molar-refractivity contribution in [1.29, 1.82) is 0 Å². The van der Waals surface area contributed by atoms with Gasteiger partial charge in [0.2, 0.25) is 0 Å². The number of aromatic amines is 1. The van der Waals surface area contributed by atoms with E-state index in [1.807, 2.05) is 5.59 Å². The Morgan fingerprint density at radius 3 is 2.59 bits per heavy atom. The average Bonchev–Trinajstić information content (AvgIpc) is 3.13. The molecule has 0 saturated carbocycles. The Kier molecular flexibility index (Phi) is 5.50. The molecule has 27 heavy (non-hydrogen) atoms. The van der Waals surface area contributed by atoms with Crippen molar-refractivity contribution in [2.75, 3.05) is 32.7 Å². The van der Waals surface area contributed by atoms with Crippen LogP contribution in [0.5, 0.6) is 0 Å². The second kappa shape index (κ2) is 7.87. The smallest absolute Gasteiger partial charge is 0.0954 e. The first-order valence-electron chi connectivity index (χ1n) is 9.90. The maximum absolute atomic E-state index is 10.8. The molecule has 0 bridgehead atoms. The maximum Gasteiger partial charge on any atom is 0.0954 e. The fourth-order valence-electron chi connectivity index (χ4n) is 4.59. The average molecular weight is 373 g/mol. The van der Waals surface area contributed by atoms with Crippen LogP contribution in [0.25, 0.3) is 10.9 Å². The fourth-order valence-corrected chi connectivity index (χ4v) is 4.59. The second-order valence-corrected chi connectivity index (χ2v) is 8.06. The predicted octanol–water partition coefficient (Wildman–Crippen LogP) is 1.54. The van der Waals surface area contributed by atoms with Gasteiger partial charge < -0.3 is 30.9 Å². The largest absolute Gasteiger partial charge is 0.774 e. The minimum absolute atomic E-state index is 0.412. The monoisotopic (exact) mass is 373 g/mol. The summed E-state index contributed by atoms with van der Waals surface area (Å²) < 4.78 is 0. The van der Waals surface area contributed by atoms with Crippen LogP contribution in [-0.4, -0.2) is 69.5 Å². The van der Waals surface area contributed by atoms with Gasteiger partial charge in [-0.3, -0.25) is 5.01 Å². The summed E-state index contributed by atoms with van der Waals surface area (Å²) in [7, 11) is 0. The van der Waals surface area contributed by atoms with Crippen LogP contribution in [0.15, 0.2) is 30.5 Å². The molecule has 2 aliphatic heterocycles. The Morgan fingerprint density at radius 2 is 1.89 bits per heavy atom. The first-order chi connectivity index (χ1) is 13.1. The number of para-hydroxylation sites is 1. The number of hydrazine groups is 1. The van der Waals surface area contributed by atoms with Crippen LogP contribution in [0.2, 0.25) is 0 Å². The third kappa shape index (κ3) is 3.89. The molecule has 1 atom stereocenters. The summed E-state index contributed by atoms with van der Waals surface area (Å²) >= 11 is 0. The summed E-state index contributed by atoms with van der Waals surface area (Å²) in [6, 6.07) is 8.42. The van der Waals surface area contributed by atoms with Crippen molar-refractivity contribution in [2.24, 2.45) is 0 Å². The van der Waals surface area contributed by atoms with E-state index in [1.165, 1.54) is 21.5 Å². The number of hydrogen-bond donors (Lipinski definition) is 4. The summed E-state index contributed by atoms with van der Waals surface area (Å²) in [4.78, 5) is 5.62. The number of benzene rings is 1. The van der Waals surface area contributed by atoms with E-state index in [-0.39, 0.29) is 0 Å². The Labute approximate surface area is 159 Å². The number of H-pyrrole nitrogens is 1. The molecule has 148 valence electrons. The summed E-state index contributed by atoms with van der Waals surface area (Å²) in [5.74, 6) is 0.531. The number of nitrogens with zero attached hydrogens (tertiary/aromatic N) is 2. The lowest BCUT2D eigenvalue weighted by atomic mass is 9.85. The number of nitrogens with one attached hydrogen (secondary N) is 2. The first kappa shape index (κ1) is 18.9. The number of aromatic nitrogens is 1. The van der Waals surface area contributed by atoms with Crippen molar-refractivity contribution in [1.82, 2.24) is 20.5 Å². The lowest BCUT2D eigenvalue weighted by Crippen LogP contribution is -2.56. The van der Waals surface area contributed by atoms with Crippen LogP contribution >= 0.6 is 0 Å². The number of β-amino-alcohol motifs (C(OH)–C–C–N with tert-alkyl or cyclic N) is 1. The molecule has 7 heteroatoms. The fraction of sp³-hybridized carbons (Fsp3) is 0.600. The van der Waals surface area contributed by atoms with Crippen LogP contribution in [0.3, 0.4) is 0 Å². The Morgan fingerprint density at radius 1 is 1.19 bits per heavy atom. The van der Waals surface area contributed by atoms with Crippen LogP contribution in [0, 0.1) is 5.21 Å². The van der Waals surface area contributed by atoms with Gasteiger partial charge in [0.05, 0.1) is 11.7 Å². The van der Waals surface area contributed by atoms with E-state index < -0.39 is 11.7 Å². The molecule has 0 spiro atoms. The summed E-state index contributed by atoms with van der Waals surface area (Å²) in [6.07, 6.45) is 4.29. The quantitative estimate of drug-likeness (QED) is 0.594. The Hall–Kier alpha value is -1.48. The molecular weight excluding hydrogens is 344 g/mol. The van der Waals surface area contributed by atoms with E-state index in [9.17, 15) is 15.4 Å². The van der Waals surface area contributed by atoms with E-state index in [2.05, 4.69) is 40.3 Å². The van der Waals surface area contributed by atoms with Gasteiger partial charge in [-0.2, -0.15) is 0 Å². The van der Waals surface area contributed by atoms with Crippen LogP contribution in [-0.2, 0) is 0 Å². The zero-order valence-electron chi connectivity index (χ0n) is 15.6. The molecule has 4 N–H and O–H groups in total. The summed E-state index contributed by atoms with van der Waals surface area (Å²) in [5, 5.41) is 34.9. The highest BCUT2D eigenvalue weighted by Crippen LogP contribution is 2.34. The summed E-state index contributed by atoms with van der Waals surface area (Å²) in [6.45, 7) is 3.25. The third-order valence-corrected chi connectivity index (χ3v) is 6.46. The molecule has 1 unspecified atom stereocenters. The van der Waals surface area contributed by atoms with Crippen LogP contribution < -0.4 is 5.59 Å². The van der Waals surface area contributed by atoms with Gasteiger partial charge in [-0.1, -0.05) is 18.2 Å². The molecule has 7 nitrogen and oxygen atoms in total. The predicted molar refractivity (Wildman–Crippen MR) is 105 cm³/mol. The Balaban J connectivity index is 1.32. The van der Waals surface area contributed by atoms with Gasteiger partial charge in [-0.25, -0.2) is 0 Å². The van der Waals surface area contributed by atoms with Gasteiger partial charge in [-0.15, -0.1) is 0 Å². The molecule has 1 aromatic carbocycles. The Bertz CT molecular complexity index is 749. The van der Waals surface area contributed by atoms with Crippen molar-refractivity contribution in [3.63, 3.8) is 0 Å². The van der Waals surface area contributed by atoms with Crippen molar-refractivity contribution < 1.29 is 10.2 Å². The van der Waals surface area contributed by atoms with Gasteiger partial charge in [0.15, 0.2) is 0 Å². The van der Waals surface area contributed by atoms with E-state index in [4.69, 9.17) is 0 Å². The molecule has 3 heterocycles. The van der Waals surface area contributed by atoms with Crippen molar-refractivity contribution >= 4 is 10.9 Å². The van der Waals surface area contributed by atoms with Crippen LogP contribution in [0.1, 0.15) is 37.2 Å². The van der Waals surface area contributed by atoms with Gasteiger partial charge >= 0.3 is 0 Å². The van der Waals surface area contributed by atoms with E-state index >= 15 is 0 Å². The number of piperidine rings is 2. The molecule has 2 aromatic rings. The molecule has 0 aliphatic carbocycles. The normalized spacial score (nSPS) is 23.7. The van der Waals surface area contributed by atoms with Gasteiger partial charge in [0, 0.05) is 36.7 Å². The SMILES string of the molecule is [O-]NN1CCC(O)(C(O)CN2CCC(c3c[nH]c4ccccc34)CC2)CC1. The highest BCUT2D eigenvalue weighted by molar-refractivity contribution is 5.83.